The first-order chi connectivity index (χ1) is 8.31. The minimum absolute atomic E-state index is 0.0319. The van der Waals surface area contributed by atoms with E-state index in [0.29, 0.717) is 12.8 Å². The Morgan fingerprint density at radius 1 is 1.00 bits per heavy atom. The normalized spacial score (nSPS) is 10.0. The number of rotatable bonds is 3. The molecule has 0 saturated carbocycles. The molecule has 0 heterocycles. The van der Waals surface area contributed by atoms with Gasteiger partial charge in [0.15, 0.2) is 0 Å². The van der Waals surface area contributed by atoms with Gasteiger partial charge in [-0.2, -0.15) is 0 Å². The number of hydrogen-bond acceptors (Lipinski definition) is 1. The van der Waals surface area contributed by atoms with Gasteiger partial charge in [0.05, 0.1) is 0 Å². The minimum atomic E-state index is -0.0319. The molecule has 0 atom stereocenters. The predicted molar refractivity (Wildman–Crippen MR) is 72.0 cm³/mol. The van der Waals surface area contributed by atoms with Crippen LogP contribution in [-0.4, -0.2) is 34.5 Å². The van der Waals surface area contributed by atoms with Gasteiger partial charge in [0.1, 0.15) is 0 Å². The van der Waals surface area contributed by atoms with Crippen LogP contribution in [-0.2, 0) is 0 Å². The second-order valence-electron chi connectivity index (χ2n) is 3.52. The standard InChI is InChI=1S/C13H11NOSe.Li/c15-13(11-8-4-5-9-12(11)16)14-10-6-2-1-3-7-10;/h1-9,16H,(H,14,15);/q;+1/p-1/i16-2;. The molecule has 0 radical (unpaired) electrons. The molecule has 2 rings (SSSR count). The molecule has 0 fully saturated rings. The van der Waals surface area contributed by atoms with Crippen LogP contribution in [0.5, 0.6) is 0 Å². The Morgan fingerprint density at radius 2 is 1.65 bits per heavy atom. The van der Waals surface area contributed by atoms with Crippen molar-refractivity contribution < 1.29 is 4.79 Å². The summed E-state index contributed by atoms with van der Waals surface area (Å²) in [6, 6.07) is 17.3. The van der Waals surface area contributed by atoms with E-state index < -0.39 is 0 Å². The van der Waals surface area contributed by atoms with Gasteiger partial charge in [0.2, 0.25) is 0 Å². The summed E-state index contributed by atoms with van der Waals surface area (Å²) in [5.74, 6) is -0.0319. The van der Waals surface area contributed by atoms with Crippen molar-refractivity contribution in [3.8, 4) is 0 Å². The molecular formula is C13H10LiNOSe. The fourth-order valence-electron chi connectivity index (χ4n) is 1.55. The molecule has 0 aliphatic heterocycles. The number of anilines is 1. The van der Waals surface area contributed by atoms with Crippen molar-refractivity contribution in [3.63, 3.8) is 0 Å². The van der Waals surface area contributed by atoms with Crippen molar-refractivity contribution in [3.05, 3.63) is 60.2 Å². The van der Waals surface area contributed by atoms with Gasteiger partial charge >= 0.3 is 115 Å². The van der Waals surface area contributed by atoms with Gasteiger partial charge in [-0.1, -0.05) is 0 Å². The van der Waals surface area contributed by atoms with Crippen LogP contribution >= 0.6 is 0 Å². The molecule has 0 spiro atoms. The zero-order valence-corrected chi connectivity index (χ0v) is 11.2. The van der Waals surface area contributed by atoms with Gasteiger partial charge in [0.25, 0.3) is 0 Å². The van der Waals surface area contributed by atoms with E-state index in [9.17, 15) is 4.79 Å². The molecule has 2 aromatic rings. The summed E-state index contributed by atoms with van der Waals surface area (Å²) < 4.78 is 1.13. The predicted octanol–water partition coefficient (Wildman–Crippen LogP) is 1.35. The van der Waals surface area contributed by atoms with Crippen LogP contribution in [0.3, 0.4) is 0 Å². The third-order valence-corrected chi connectivity index (χ3v) is 4.05. The third-order valence-electron chi connectivity index (χ3n) is 2.38. The van der Waals surface area contributed by atoms with Crippen molar-refractivity contribution in [2.75, 3.05) is 5.32 Å². The first-order valence-corrected chi connectivity index (χ1v) is 7.87. The molecular weight excluding hydrogens is 270 g/mol. The molecule has 17 heavy (non-hydrogen) atoms. The topological polar surface area (TPSA) is 29.1 Å². The average Bonchev–Trinajstić information content (AvgIpc) is 2.40. The maximum absolute atomic E-state index is 12.1. The fraction of sp³-hybridized carbons (Fsp3) is 0. The van der Waals surface area contributed by atoms with Crippen molar-refractivity contribution in [1.29, 1.82) is 0 Å². The van der Waals surface area contributed by atoms with Crippen LogP contribution in [0.1, 0.15) is 10.4 Å². The van der Waals surface area contributed by atoms with Crippen LogP contribution in [0.25, 0.3) is 0 Å². The van der Waals surface area contributed by atoms with Crippen LogP contribution in [0.2, 0.25) is 0 Å². The van der Waals surface area contributed by atoms with Gasteiger partial charge in [-0.25, -0.2) is 0 Å². The Kier molecular flexibility index (Phi) is 4.47. The van der Waals surface area contributed by atoms with Crippen molar-refractivity contribution in [2.24, 2.45) is 0 Å². The number of hydrogen-bond donors (Lipinski definition) is 1. The van der Waals surface area contributed by atoms with Gasteiger partial charge in [-0.3, -0.25) is 0 Å². The number of carbonyl (C=O) groups is 1. The van der Waals surface area contributed by atoms with E-state index in [1.807, 2.05) is 54.6 Å². The molecule has 0 bridgehead atoms. The van der Waals surface area contributed by atoms with Crippen molar-refractivity contribution in [2.45, 2.75) is 0 Å². The van der Waals surface area contributed by atoms with E-state index in [0.717, 1.165) is 15.7 Å². The first-order valence-electron chi connectivity index (χ1n) is 5.30. The SMILES string of the molecule is [Li][77Se]c1ccccc1C(=O)Nc1ccccc1. The third kappa shape index (κ3) is 3.25. The zero-order chi connectivity index (χ0) is 12.1. The number of benzene rings is 2. The summed E-state index contributed by atoms with van der Waals surface area (Å²) in [5.41, 5.74) is 1.61. The van der Waals surface area contributed by atoms with Crippen LogP contribution in [0.15, 0.2) is 54.6 Å². The van der Waals surface area contributed by atoms with Gasteiger partial charge < -0.3 is 0 Å². The van der Waals surface area contributed by atoms with Crippen molar-refractivity contribution >= 4 is 44.6 Å². The summed E-state index contributed by atoms with van der Waals surface area (Å²) in [5, 5.41) is 2.90. The Balaban J connectivity index is 2.20. The second kappa shape index (κ2) is 6.09. The number of amides is 1. The molecule has 0 aromatic heterocycles. The first kappa shape index (κ1) is 12.5. The van der Waals surface area contributed by atoms with Crippen LogP contribution in [0, 0.1) is 0 Å². The molecule has 2 aromatic carbocycles. The van der Waals surface area contributed by atoms with E-state index >= 15 is 0 Å². The van der Waals surface area contributed by atoms with Gasteiger partial charge in [-0.05, 0) is 0 Å². The van der Waals surface area contributed by atoms with E-state index in [-0.39, 0.29) is 5.91 Å². The Morgan fingerprint density at radius 3 is 2.35 bits per heavy atom. The van der Waals surface area contributed by atoms with E-state index in [1.165, 1.54) is 0 Å². The van der Waals surface area contributed by atoms with E-state index in [1.54, 1.807) is 0 Å². The molecule has 4 heteroatoms. The monoisotopic (exact) mass is 280 g/mol. The Labute approximate surface area is 114 Å². The van der Waals surface area contributed by atoms with Crippen LogP contribution in [0.4, 0.5) is 5.69 Å². The zero-order valence-electron chi connectivity index (χ0n) is 9.51. The molecule has 2 nitrogen and oxygen atoms in total. The molecule has 1 N–H and O–H groups in total. The summed E-state index contributed by atoms with van der Waals surface area (Å²) in [7, 11) is 0. The van der Waals surface area contributed by atoms with Crippen LogP contribution < -0.4 is 9.78 Å². The number of carbonyl (C=O) groups excluding carboxylic acids is 1. The molecule has 0 saturated heterocycles. The quantitative estimate of drug-likeness (QED) is 0.845. The summed E-state index contributed by atoms with van der Waals surface area (Å²) in [4.78, 5) is 12.1. The van der Waals surface area contributed by atoms with E-state index in [4.69, 9.17) is 0 Å². The Hall–Kier alpha value is -0.973. The average molecular weight is 280 g/mol. The molecule has 1 amide bonds. The molecule has 0 unspecified atom stereocenters. The fourth-order valence-corrected chi connectivity index (χ4v) is 2.80. The maximum atomic E-state index is 12.1. The second-order valence-corrected chi connectivity index (χ2v) is 5.30. The van der Waals surface area contributed by atoms with Crippen molar-refractivity contribution in [1.82, 2.24) is 0 Å². The Bertz CT molecular complexity index is 516. The number of para-hydroxylation sites is 1. The molecule has 0 aliphatic carbocycles. The molecule has 80 valence electrons. The van der Waals surface area contributed by atoms with Gasteiger partial charge in [0, 0.05) is 0 Å². The van der Waals surface area contributed by atoms with Gasteiger partial charge in [-0.15, -0.1) is 0 Å². The summed E-state index contributed by atoms with van der Waals surface area (Å²) >= 11 is 2.44. The summed E-state index contributed by atoms with van der Waals surface area (Å²) in [6.07, 6.45) is 0. The number of nitrogens with one attached hydrogen (secondary N) is 1. The summed E-state index contributed by atoms with van der Waals surface area (Å²) in [6.45, 7) is 0. The van der Waals surface area contributed by atoms with E-state index in [2.05, 4.69) is 21.1 Å². The molecule has 0 aliphatic rings.